The summed E-state index contributed by atoms with van der Waals surface area (Å²) >= 11 is 3.13. The molecule has 1 fully saturated rings. The smallest absolute Gasteiger partial charge is 0.224 e. The molecular weight excluding hydrogens is 311 g/mol. The first-order valence-electron chi connectivity index (χ1n) is 6.52. The van der Waals surface area contributed by atoms with Crippen molar-refractivity contribution in [2.75, 3.05) is 18.4 Å². The molecule has 0 radical (unpaired) electrons. The zero-order chi connectivity index (χ0) is 13.8. The number of amides is 1. The van der Waals surface area contributed by atoms with Gasteiger partial charge in [-0.25, -0.2) is 4.39 Å². The Hall–Kier alpha value is -0.940. The first-order valence-corrected chi connectivity index (χ1v) is 7.32. The second-order valence-electron chi connectivity index (χ2n) is 5.05. The Morgan fingerprint density at radius 3 is 3.05 bits per heavy atom. The molecule has 104 valence electrons. The van der Waals surface area contributed by atoms with E-state index in [9.17, 15) is 9.18 Å². The number of carbonyl (C=O) groups is 1. The zero-order valence-electron chi connectivity index (χ0n) is 10.9. The molecule has 1 unspecified atom stereocenters. The molecule has 2 N–H and O–H groups in total. The van der Waals surface area contributed by atoms with E-state index < -0.39 is 0 Å². The minimum atomic E-state index is -0.313. The molecule has 2 rings (SSSR count). The van der Waals surface area contributed by atoms with Crippen molar-refractivity contribution < 1.29 is 9.18 Å². The van der Waals surface area contributed by atoms with Crippen LogP contribution in [0.3, 0.4) is 0 Å². The molecule has 1 aromatic carbocycles. The largest absolute Gasteiger partial charge is 0.326 e. The Kier molecular flexibility index (Phi) is 4.93. The summed E-state index contributed by atoms with van der Waals surface area (Å²) in [7, 11) is 0. The summed E-state index contributed by atoms with van der Waals surface area (Å²) in [5.74, 6) is 0.0835. The lowest BCUT2D eigenvalue weighted by molar-refractivity contribution is -0.117. The minimum Gasteiger partial charge on any atom is -0.326 e. The van der Waals surface area contributed by atoms with Gasteiger partial charge in [0.25, 0.3) is 0 Å². The molecule has 0 aromatic heterocycles. The predicted molar refractivity (Wildman–Crippen MR) is 77.7 cm³/mol. The second-order valence-corrected chi connectivity index (χ2v) is 5.90. The summed E-state index contributed by atoms with van der Waals surface area (Å²) in [4.78, 5) is 12.0. The number of benzene rings is 1. The lowest BCUT2D eigenvalue weighted by Crippen LogP contribution is -2.32. The van der Waals surface area contributed by atoms with Gasteiger partial charge in [-0.05, 0) is 72.4 Å². The van der Waals surface area contributed by atoms with E-state index >= 15 is 0 Å². The molecular formula is C14H18BrFN2O. The van der Waals surface area contributed by atoms with Crippen LogP contribution < -0.4 is 10.6 Å². The maximum Gasteiger partial charge on any atom is 0.224 e. The summed E-state index contributed by atoms with van der Waals surface area (Å²) in [6, 6.07) is 3.03. The number of hydrogen-bond donors (Lipinski definition) is 2. The Morgan fingerprint density at radius 2 is 2.37 bits per heavy atom. The van der Waals surface area contributed by atoms with Crippen LogP contribution >= 0.6 is 15.9 Å². The normalized spacial score (nSPS) is 19.2. The first-order chi connectivity index (χ1) is 9.06. The van der Waals surface area contributed by atoms with Gasteiger partial charge in [0.05, 0.1) is 4.47 Å². The summed E-state index contributed by atoms with van der Waals surface area (Å²) < 4.78 is 13.7. The summed E-state index contributed by atoms with van der Waals surface area (Å²) in [6.45, 7) is 3.73. The van der Waals surface area contributed by atoms with Gasteiger partial charge in [-0.15, -0.1) is 0 Å². The highest BCUT2D eigenvalue weighted by Gasteiger charge is 2.17. The molecule has 5 heteroatoms. The van der Waals surface area contributed by atoms with E-state index in [0.717, 1.165) is 31.5 Å². The van der Waals surface area contributed by atoms with Gasteiger partial charge in [-0.2, -0.15) is 0 Å². The Morgan fingerprint density at radius 1 is 1.58 bits per heavy atom. The standard InChI is InChI=1S/C14H18BrFN2O/c1-9-5-12(16)11(15)7-13(9)18-14(19)6-10-3-2-4-17-8-10/h5,7,10,17H,2-4,6,8H2,1H3,(H,18,19). The van der Waals surface area contributed by atoms with E-state index in [4.69, 9.17) is 0 Å². The number of piperidine rings is 1. The van der Waals surface area contributed by atoms with Crippen LogP contribution in [0.5, 0.6) is 0 Å². The van der Waals surface area contributed by atoms with Crippen molar-refractivity contribution in [1.82, 2.24) is 5.32 Å². The molecule has 1 aliphatic rings. The lowest BCUT2D eigenvalue weighted by atomic mass is 9.96. The first kappa shape index (κ1) is 14.5. The number of halogens is 2. The average Bonchev–Trinajstić information content (AvgIpc) is 2.37. The Labute approximate surface area is 121 Å². The number of rotatable bonds is 3. The van der Waals surface area contributed by atoms with Gasteiger partial charge in [0, 0.05) is 12.1 Å². The van der Waals surface area contributed by atoms with E-state index in [1.165, 1.54) is 6.07 Å². The highest BCUT2D eigenvalue weighted by atomic mass is 79.9. The van der Waals surface area contributed by atoms with Crippen LogP contribution in [0.4, 0.5) is 10.1 Å². The third kappa shape index (κ3) is 4.01. The molecule has 1 saturated heterocycles. The number of hydrogen-bond acceptors (Lipinski definition) is 2. The SMILES string of the molecule is Cc1cc(F)c(Br)cc1NC(=O)CC1CCCNC1. The highest BCUT2D eigenvalue weighted by Crippen LogP contribution is 2.25. The van der Waals surface area contributed by atoms with Crippen LogP contribution in [0.15, 0.2) is 16.6 Å². The fourth-order valence-electron chi connectivity index (χ4n) is 2.34. The van der Waals surface area contributed by atoms with E-state index in [1.807, 2.05) is 0 Å². The van der Waals surface area contributed by atoms with Gasteiger partial charge in [-0.1, -0.05) is 0 Å². The average molecular weight is 329 g/mol. The number of carbonyl (C=O) groups excluding carboxylic acids is 1. The molecule has 3 nitrogen and oxygen atoms in total. The van der Waals surface area contributed by atoms with Crippen LogP contribution in [-0.2, 0) is 4.79 Å². The zero-order valence-corrected chi connectivity index (χ0v) is 12.5. The van der Waals surface area contributed by atoms with Crippen LogP contribution in [-0.4, -0.2) is 19.0 Å². The molecule has 0 aliphatic carbocycles. The van der Waals surface area contributed by atoms with Gasteiger partial charge in [0.1, 0.15) is 5.82 Å². The van der Waals surface area contributed by atoms with Crippen molar-refractivity contribution in [3.8, 4) is 0 Å². The third-order valence-corrected chi connectivity index (χ3v) is 4.02. The van der Waals surface area contributed by atoms with Gasteiger partial charge < -0.3 is 10.6 Å². The summed E-state index contributed by atoms with van der Waals surface area (Å²) in [6.07, 6.45) is 2.73. The summed E-state index contributed by atoms with van der Waals surface area (Å²) in [5.41, 5.74) is 1.40. The molecule has 19 heavy (non-hydrogen) atoms. The van der Waals surface area contributed by atoms with E-state index in [-0.39, 0.29) is 11.7 Å². The lowest BCUT2D eigenvalue weighted by Gasteiger charge is -2.22. The van der Waals surface area contributed by atoms with Crippen LogP contribution in [0.2, 0.25) is 0 Å². The molecule has 1 aromatic rings. The van der Waals surface area contributed by atoms with Gasteiger partial charge in [0.2, 0.25) is 5.91 Å². The molecule has 0 spiro atoms. The van der Waals surface area contributed by atoms with Crippen molar-refractivity contribution in [3.63, 3.8) is 0 Å². The maximum atomic E-state index is 13.3. The number of aryl methyl sites for hydroxylation is 1. The Bertz CT molecular complexity index is 473. The maximum absolute atomic E-state index is 13.3. The van der Waals surface area contributed by atoms with Crippen molar-refractivity contribution in [3.05, 3.63) is 28.0 Å². The molecule has 1 amide bonds. The third-order valence-electron chi connectivity index (χ3n) is 3.41. The van der Waals surface area contributed by atoms with Crippen LogP contribution in [0.1, 0.15) is 24.8 Å². The van der Waals surface area contributed by atoms with E-state index in [0.29, 0.717) is 22.5 Å². The molecule has 1 heterocycles. The van der Waals surface area contributed by atoms with E-state index in [2.05, 4.69) is 26.6 Å². The minimum absolute atomic E-state index is 0.00434. The van der Waals surface area contributed by atoms with Gasteiger partial charge in [-0.3, -0.25) is 4.79 Å². The molecule has 1 atom stereocenters. The molecule has 0 saturated carbocycles. The van der Waals surface area contributed by atoms with Crippen LogP contribution in [0.25, 0.3) is 0 Å². The fourth-order valence-corrected chi connectivity index (χ4v) is 2.69. The van der Waals surface area contributed by atoms with Crippen molar-refractivity contribution in [2.45, 2.75) is 26.2 Å². The molecule has 0 bridgehead atoms. The topological polar surface area (TPSA) is 41.1 Å². The van der Waals surface area contributed by atoms with Crippen molar-refractivity contribution in [2.24, 2.45) is 5.92 Å². The Balaban J connectivity index is 1.96. The number of nitrogens with one attached hydrogen (secondary N) is 2. The quantitative estimate of drug-likeness (QED) is 0.894. The summed E-state index contributed by atoms with van der Waals surface area (Å²) in [5, 5.41) is 6.16. The molecule has 1 aliphatic heterocycles. The highest BCUT2D eigenvalue weighted by molar-refractivity contribution is 9.10. The fraction of sp³-hybridized carbons (Fsp3) is 0.500. The van der Waals surface area contributed by atoms with Gasteiger partial charge in [0.15, 0.2) is 0 Å². The monoisotopic (exact) mass is 328 g/mol. The van der Waals surface area contributed by atoms with Crippen molar-refractivity contribution >= 4 is 27.5 Å². The number of anilines is 1. The van der Waals surface area contributed by atoms with Crippen LogP contribution in [0, 0.1) is 18.7 Å². The van der Waals surface area contributed by atoms with E-state index in [1.54, 1.807) is 13.0 Å². The second kappa shape index (κ2) is 6.48. The predicted octanol–water partition coefficient (Wildman–Crippen LogP) is 3.22. The van der Waals surface area contributed by atoms with Gasteiger partial charge >= 0.3 is 0 Å². The van der Waals surface area contributed by atoms with Crippen molar-refractivity contribution in [1.29, 1.82) is 0 Å².